The van der Waals surface area contributed by atoms with Crippen LogP contribution in [0.2, 0.25) is 0 Å². The Hall–Kier alpha value is -2.11. The number of ether oxygens (including phenoxy) is 1. The molecule has 0 heterocycles. The van der Waals surface area contributed by atoms with Gasteiger partial charge in [-0.15, -0.1) is 0 Å². The van der Waals surface area contributed by atoms with E-state index in [4.69, 9.17) is 10.2 Å². The smallest absolute Gasteiger partial charge is 0.330 e. The molecule has 0 aliphatic heterocycles. The lowest BCUT2D eigenvalue weighted by Crippen LogP contribution is -1.97. The summed E-state index contributed by atoms with van der Waals surface area (Å²) in [6, 6.07) is 0. The third-order valence-electron chi connectivity index (χ3n) is 0.822. The number of hydrogen-bond donors (Lipinski definition) is 2. The minimum absolute atomic E-state index is 0.359. The number of esters is 1. The Balaban J connectivity index is 0. The number of aliphatic carboxylic acids is 2. The molecular weight excluding hydrogens is 204 g/mol. The molecule has 0 aliphatic carbocycles. The first kappa shape index (κ1) is 15.4. The van der Waals surface area contributed by atoms with Crippen molar-refractivity contribution in [3.63, 3.8) is 0 Å². The number of rotatable bonds is 4. The van der Waals surface area contributed by atoms with Crippen molar-refractivity contribution < 1.29 is 29.3 Å². The largest absolute Gasteiger partial charge is 0.478 e. The second-order valence-electron chi connectivity index (χ2n) is 1.97. The molecule has 0 aromatic carbocycles. The van der Waals surface area contributed by atoms with Crippen molar-refractivity contribution in [2.24, 2.45) is 0 Å². The highest BCUT2D eigenvalue weighted by Crippen LogP contribution is 1.74. The Morgan fingerprint density at radius 3 is 1.73 bits per heavy atom. The van der Waals surface area contributed by atoms with E-state index in [9.17, 15) is 14.4 Å². The van der Waals surface area contributed by atoms with E-state index >= 15 is 0 Å². The van der Waals surface area contributed by atoms with Crippen molar-refractivity contribution in [1.29, 1.82) is 0 Å². The van der Waals surface area contributed by atoms with Gasteiger partial charge in [0.1, 0.15) is 0 Å². The summed E-state index contributed by atoms with van der Waals surface area (Å²) < 4.78 is 4.43. The van der Waals surface area contributed by atoms with Crippen molar-refractivity contribution in [3.05, 3.63) is 24.8 Å². The second-order valence-corrected chi connectivity index (χ2v) is 1.97. The average Bonchev–Trinajstić information content (AvgIpc) is 2.16. The molecule has 84 valence electrons. The molecule has 0 amide bonds. The molecule has 0 bridgehead atoms. The predicted molar refractivity (Wildman–Crippen MR) is 51.2 cm³/mol. The van der Waals surface area contributed by atoms with Gasteiger partial charge in [0, 0.05) is 18.2 Å². The number of carboxylic acids is 2. The lowest BCUT2D eigenvalue weighted by atomic mass is 10.5. The van der Waals surface area contributed by atoms with E-state index in [2.05, 4.69) is 11.3 Å². The molecule has 0 aromatic heterocycles. The van der Waals surface area contributed by atoms with Crippen molar-refractivity contribution in [2.45, 2.75) is 6.92 Å². The van der Waals surface area contributed by atoms with Crippen molar-refractivity contribution in [1.82, 2.24) is 0 Å². The fourth-order valence-electron chi connectivity index (χ4n) is 0.344. The van der Waals surface area contributed by atoms with Crippen molar-refractivity contribution in [2.75, 3.05) is 6.61 Å². The molecule has 0 unspecified atom stereocenters. The zero-order chi connectivity index (χ0) is 12.3. The molecule has 0 aromatic rings. The van der Waals surface area contributed by atoms with Gasteiger partial charge in [0.2, 0.25) is 0 Å². The highest BCUT2D eigenvalue weighted by atomic mass is 16.5. The van der Waals surface area contributed by atoms with Gasteiger partial charge in [0.05, 0.1) is 6.61 Å². The van der Waals surface area contributed by atoms with E-state index in [-0.39, 0.29) is 5.97 Å². The number of carbonyl (C=O) groups excluding carboxylic acids is 1. The van der Waals surface area contributed by atoms with Crippen LogP contribution in [-0.4, -0.2) is 34.7 Å². The summed E-state index contributed by atoms with van der Waals surface area (Å²) in [5, 5.41) is 15.6. The molecule has 0 rings (SSSR count). The summed E-state index contributed by atoms with van der Waals surface area (Å²) in [6.07, 6.45) is 2.26. The summed E-state index contributed by atoms with van der Waals surface area (Å²) >= 11 is 0. The van der Waals surface area contributed by atoms with E-state index in [1.54, 1.807) is 6.92 Å². The van der Waals surface area contributed by atoms with Crippen molar-refractivity contribution >= 4 is 17.9 Å². The maximum Gasteiger partial charge on any atom is 0.330 e. The Labute approximate surface area is 86.5 Å². The van der Waals surface area contributed by atoms with Crippen LogP contribution in [0.3, 0.4) is 0 Å². The van der Waals surface area contributed by atoms with Gasteiger partial charge in [-0.25, -0.2) is 14.4 Å². The Bertz CT molecular complexity index is 250. The minimum Gasteiger partial charge on any atom is -0.478 e. The van der Waals surface area contributed by atoms with Gasteiger partial charge in [0.25, 0.3) is 0 Å². The maximum absolute atomic E-state index is 10.1. The molecular formula is C9H12O6. The molecule has 0 saturated heterocycles. The molecule has 0 radical (unpaired) electrons. The molecule has 15 heavy (non-hydrogen) atoms. The van der Waals surface area contributed by atoms with E-state index in [0.29, 0.717) is 18.8 Å². The molecule has 0 fully saturated rings. The van der Waals surface area contributed by atoms with E-state index in [1.165, 1.54) is 0 Å². The van der Waals surface area contributed by atoms with Gasteiger partial charge in [0.15, 0.2) is 0 Å². The van der Waals surface area contributed by atoms with E-state index < -0.39 is 11.9 Å². The quantitative estimate of drug-likeness (QED) is 0.522. The predicted octanol–water partition coefficient (Wildman–Crippen LogP) is 0.447. The Kier molecular flexibility index (Phi) is 10.2. The topological polar surface area (TPSA) is 101 Å². The molecule has 0 atom stereocenters. The number of carboxylic acid groups (broad SMARTS) is 2. The SMILES string of the molecule is C=CC(=O)OCC.O=C(O)/C=C\C(=O)O. The van der Waals surface area contributed by atoms with Crippen LogP contribution in [0.25, 0.3) is 0 Å². The van der Waals surface area contributed by atoms with Crippen LogP contribution in [-0.2, 0) is 19.1 Å². The maximum atomic E-state index is 10.1. The number of carbonyl (C=O) groups is 3. The Morgan fingerprint density at radius 2 is 1.60 bits per heavy atom. The van der Waals surface area contributed by atoms with Crippen LogP contribution in [0.15, 0.2) is 24.8 Å². The van der Waals surface area contributed by atoms with Crippen LogP contribution in [0.5, 0.6) is 0 Å². The zero-order valence-electron chi connectivity index (χ0n) is 8.17. The molecule has 0 aliphatic rings. The molecule has 2 N–H and O–H groups in total. The van der Waals surface area contributed by atoms with Crippen molar-refractivity contribution in [3.8, 4) is 0 Å². The summed E-state index contributed by atoms with van der Waals surface area (Å²) in [7, 11) is 0. The van der Waals surface area contributed by atoms with Gasteiger partial charge < -0.3 is 14.9 Å². The first-order chi connectivity index (χ1) is 6.93. The summed E-state index contributed by atoms with van der Waals surface area (Å²) in [5.74, 6) is -2.87. The monoisotopic (exact) mass is 216 g/mol. The third-order valence-corrected chi connectivity index (χ3v) is 0.822. The average molecular weight is 216 g/mol. The number of hydrogen-bond acceptors (Lipinski definition) is 4. The first-order valence-electron chi connectivity index (χ1n) is 3.87. The summed E-state index contributed by atoms with van der Waals surface area (Å²) in [4.78, 5) is 29.2. The lowest BCUT2D eigenvalue weighted by Gasteiger charge is -1.90. The summed E-state index contributed by atoms with van der Waals surface area (Å²) in [6.45, 7) is 5.38. The minimum atomic E-state index is -1.26. The van der Waals surface area contributed by atoms with Gasteiger partial charge >= 0.3 is 17.9 Å². The van der Waals surface area contributed by atoms with E-state index in [0.717, 1.165) is 6.08 Å². The highest BCUT2D eigenvalue weighted by Gasteiger charge is 1.88. The van der Waals surface area contributed by atoms with Crippen LogP contribution >= 0.6 is 0 Å². The fourth-order valence-corrected chi connectivity index (χ4v) is 0.344. The van der Waals surface area contributed by atoms with Gasteiger partial charge in [-0.1, -0.05) is 6.58 Å². The fraction of sp³-hybridized carbons (Fsp3) is 0.222. The van der Waals surface area contributed by atoms with Gasteiger partial charge in [-0.2, -0.15) is 0 Å². The third kappa shape index (κ3) is 18.7. The van der Waals surface area contributed by atoms with Crippen LogP contribution in [0.1, 0.15) is 6.92 Å². The zero-order valence-corrected chi connectivity index (χ0v) is 8.17. The van der Waals surface area contributed by atoms with Gasteiger partial charge in [-0.3, -0.25) is 0 Å². The summed E-state index contributed by atoms with van der Waals surface area (Å²) in [5.41, 5.74) is 0. The normalized spacial score (nSPS) is 8.60. The van der Waals surface area contributed by atoms with Crippen LogP contribution in [0, 0.1) is 0 Å². The second kappa shape index (κ2) is 9.97. The molecule has 0 spiro atoms. The first-order valence-corrected chi connectivity index (χ1v) is 3.87. The lowest BCUT2D eigenvalue weighted by molar-refractivity contribution is -0.137. The Morgan fingerprint density at radius 1 is 1.20 bits per heavy atom. The van der Waals surface area contributed by atoms with Crippen LogP contribution in [0.4, 0.5) is 0 Å². The van der Waals surface area contributed by atoms with E-state index in [1.807, 2.05) is 0 Å². The van der Waals surface area contributed by atoms with Crippen LogP contribution < -0.4 is 0 Å². The highest BCUT2D eigenvalue weighted by molar-refractivity contribution is 5.89. The molecule has 0 saturated carbocycles. The standard InChI is InChI=1S/C5H8O2.C4H4O4/c1-3-5(6)7-4-2;5-3(6)1-2-4(7)8/h3H,1,4H2,2H3;1-2H,(H,5,6)(H,7,8)/b;2-1-. The van der Waals surface area contributed by atoms with Gasteiger partial charge in [-0.05, 0) is 6.92 Å². The molecule has 6 nitrogen and oxygen atoms in total. The molecule has 6 heteroatoms.